The summed E-state index contributed by atoms with van der Waals surface area (Å²) in [6.07, 6.45) is 4.34. The van der Waals surface area contributed by atoms with Gasteiger partial charge in [0.1, 0.15) is 6.61 Å². The van der Waals surface area contributed by atoms with Gasteiger partial charge >= 0.3 is 6.09 Å². The lowest BCUT2D eigenvalue weighted by Gasteiger charge is -2.05. The van der Waals surface area contributed by atoms with Crippen LogP contribution in [0.5, 0.6) is 0 Å². The number of amides is 1. The predicted molar refractivity (Wildman–Crippen MR) is 87.6 cm³/mol. The van der Waals surface area contributed by atoms with Gasteiger partial charge in [-0.3, -0.25) is 0 Å². The third-order valence-electron chi connectivity index (χ3n) is 2.67. The van der Waals surface area contributed by atoms with Gasteiger partial charge < -0.3 is 10.1 Å². The number of nitrogens with one attached hydrogen (secondary N) is 1. The van der Waals surface area contributed by atoms with E-state index in [4.69, 9.17) is 16.3 Å². The van der Waals surface area contributed by atoms with Gasteiger partial charge in [0, 0.05) is 11.4 Å². The van der Waals surface area contributed by atoms with Crippen LogP contribution in [0.4, 0.5) is 4.79 Å². The molecule has 110 valence electrons. The molecule has 0 aliphatic carbocycles. The van der Waals surface area contributed by atoms with Crippen molar-refractivity contribution >= 4 is 35.1 Å². The first-order chi connectivity index (χ1) is 10.2. The van der Waals surface area contributed by atoms with Gasteiger partial charge in [-0.15, -0.1) is 11.3 Å². The zero-order valence-electron chi connectivity index (χ0n) is 11.4. The molecule has 0 bridgehead atoms. The van der Waals surface area contributed by atoms with Crippen molar-refractivity contribution in [2.45, 2.75) is 13.0 Å². The summed E-state index contributed by atoms with van der Waals surface area (Å²) >= 11 is 7.36. The summed E-state index contributed by atoms with van der Waals surface area (Å²) in [5.41, 5.74) is 0.974. The zero-order valence-corrected chi connectivity index (χ0v) is 13.0. The number of hydrogen-bond acceptors (Lipinski definition) is 3. The molecule has 2 aromatic rings. The summed E-state index contributed by atoms with van der Waals surface area (Å²) in [6.45, 7) is 0.833. The van der Waals surface area contributed by atoms with Gasteiger partial charge in [-0.05, 0) is 30.2 Å². The van der Waals surface area contributed by atoms with Crippen LogP contribution in [0.1, 0.15) is 16.9 Å². The van der Waals surface area contributed by atoms with E-state index in [9.17, 15) is 4.79 Å². The average molecular weight is 322 g/mol. The number of benzene rings is 1. The van der Waals surface area contributed by atoms with Crippen LogP contribution in [0.25, 0.3) is 6.08 Å². The average Bonchev–Trinajstić information content (AvgIpc) is 2.91. The lowest BCUT2D eigenvalue weighted by atomic mass is 10.2. The molecule has 0 spiro atoms. The van der Waals surface area contributed by atoms with E-state index in [0.717, 1.165) is 21.2 Å². The second kappa shape index (κ2) is 8.49. The minimum absolute atomic E-state index is 0.288. The summed E-state index contributed by atoms with van der Waals surface area (Å²) in [5.74, 6) is 0. The largest absolute Gasteiger partial charge is 0.445 e. The maximum absolute atomic E-state index is 11.5. The van der Waals surface area contributed by atoms with E-state index in [2.05, 4.69) is 5.32 Å². The third kappa shape index (κ3) is 6.02. The molecule has 1 amide bonds. The fourth-order valence-electron chi connectivity index (χ4n) is 1.65. The lowest BCUT2D eigenvalue weighted by Crippen LogP contribution is -2.24. The molecule has 0 radical (unpaired) electrons. The Labute approximate surface area is 133 Å². The van der Waals surface area contributed by atoms with Gasteiger partial charge in [-0.25, -0.2) is 4.79 Å². The highest BCUT2D eigenvalue weighted by molar-refractivity contribution is 7.16. The van der Waals surface area contributed by atoms with Crippen molar-refractivity contribution in [3.05, 3.63) is 63.3 Å². The monoisotopic (exact) mass is 321 g/mol. The molecule has 5 heteroatoms. The van der Waals surface area contributed by atoms with E-state index < -0.39 is 6.09 Å². The Bertz CT molecular complexity index is 595. The first-order valence-corrected chi connectivity index (χ1v) is 7.80. The molecule has 1 aromatic carbocycles. The molecule has 0 aliphatic rings. The molecule has 0 unspecified atom stereocenters. The summed E-state index contributed by atoms with van der Waals surface area (Å²) in [6, 6.07) is 13.4. The maximum atomic E-state index is 11.5. The van der Waals surface area contributed by atoms with Crippen LogP contribution in [0, 0.1) is 0 Å². The zero-order chi connectivity index (χ0) is 14.9. The van der Waals surface area contributed by atoms with Gasteiger partial charge in [0.25, 0.3) is 0 Å². The van der Waals surface area contributed by atoms with Crippen LogP contribution < -0.4 is 5.32 Å². The number of halogens is 1. The fourth-order valence-corrected chi connectivity index (χ4v) is 2.64. The standard InChI is InChI=1S/C16H16ClNO2S/c17-15-10-9-14(21-15)8-4-5-11-18-16(19)20-12-13-6-2-1-3-7-13/h1-4,6-10H,5,11-12H2,(H,18,19). The van der Waals surface area contributed by atoms with Crippen LogP contribution in [0.15, 0.2) is 48.5 Å². The van der Waals surface area contributed by atoms with Crippen LogP contribution in [0.2, 0.25) is 4.34 Å². The molecule has 0 atom stereocenters. The first kappa shape index (κ1) is 15.6. The fraction of sp³-hybridized carbons (Fsp3) is 0.188. The van der Waals surface area contributed by atoms with Crippen molar-refractivity contribution in [1.82, 2.24) is 5.32 Å². The predicted octanol–water partition coefficient (Wildman–Crippen LogP) is 4.73. The minimum atomic E-state index is -0.397. The lowest BCUT2D eigenvalue weighted by molar-refractivity contribution is 0.140. The number of rotatable bonds is 6. The number of hydrogen-bond donors (Lipinski definition) is 1. The Hall–Kier alpha value is -1.78. The van der Waals surface area contributed by atoms with Crippen molar-refractivity contribution in [1.29, 1.82) is 0 Å². The third-order valence-corrected chi connectivity index (χ3v) is 3.87. The SMILES string of the molecule is O=C(NCCC=Cc1ccc(Cl)s1)OCc1ccccc1. The highest BCUT2D eigenvalue weighted by Crippen LogP contribution is 2.22. The number of ether oxygens (including phenoxy) is 1. The van der Waals surface area contributed by atoms with Gasteiger partial charge in [0.15, 0.2) is 0 Å². The Balaban J connectivity index is 1.60. The summed E-state index contributed by atoms with van der Waals surface area (Å²) in [5, 5.41) is 2.71. The highest BCUT2D eigenvalue weighted by atomic mass is 35.5. The van der Waals surface area contributed by atoms with Crippen LogP contribution in [-0.4, -0.2) is 12.6 Å². The van der Waals surface area contributed by atoms with E-state index in [1.165, 1.54) is 11.3 Å². The van der Waals surface area contributed by atoms with Crippen molar-refractivity contribution in [3.63, 3.8) is 0 Å². The topological polar surface area (TPSA) is 38.3 Å². The molecule has 3 nitrogen and oxygen atoms in total. The van der Waals surface area contributed by atoms with Gasteiger partial charge in [-0.1, -0.05) is 48.0 Å². The Morgan fingerprint density at radius 2 is 2.05 bits per heavy atom. The van der Waals surface area contributed by atoms with E-state index in [-0.39, 0.29) is 6.61 Å². The van der Waals surface area contributed by atoms with E-state index in [0.29, 0.717) is 6.54 Å². The Morgan fingerprint density at radius 3 is 2.76 bits per heavy atom. The van der Waals surface area contributed by atoms with Crippen molar-refractivity contribution in [3.8, 4) is 0 Å². The highest BCUT2D eigenvalue weighted by Gasteiger charge is 2.00. The molecule has 0 aliphatic heterocycles. The van der Waals surface area contributed by atoms with Crippen LogP contribution in [-0.2, 0) is 11.3 Å². The van der Waals surface area contributed by atoms with Gasteiger partial charge in [-0.2, -0.15) is 0 Å². The molecule has 0 fully saturated rings. The maximum Gasteiger partial charge on any atom is 0.407 e. The summed E-state index contributed by atoms with van der Waals surface area (Å²) in [7, 11) is 0. The first-order valence-electron chi connectivity index (χ1n) is 6.60. The van der Waals surface area contributed by atoms with Crippen molar-refractivity contribution < 1.29 is 9.53 Å². The Morgan fingerprint density at radius 1 is 1.24 bits per heavy atom. The quantitative estimate of drug-likeness (QED) is 0.781. The molecule has 2 rings (SSSR count). The van der Waals surface area contributed by atoms with Crippen molar-refractivity contribution in [2.24, 2.45) is 0 Å². The molecular weight excluding hydrogens is 306 g/mol. The molecular formula is C16H16ClNO2S. The second-order valence-electron chi connectivity index (χ2n) is 4.32. The molecule has 21 heavy (non-hydrogen) atoms. The molecule has 1 aromatic heterocycles. The van der Waals surface area contributed by atoms with E-state index >= 15 is 0 Å². The second-order valence-corrected chi connectivity index (χ2v) is 6.07. The van der Waals surface area contributed by atoms with Gasteiger partial charge in [0.05, 0.1) is 4.34 Å². The van der Waals surface area contributed by atoms with E-state index in [1.54, 1.807) is 0 Å². The minimum Gasteiger partial charge on any atom is -0.445 e. The Kier molecular flexibility index (Phi) is 6.31. The molecule has 0 saturated carbocycles. The number of carbonyl (C=O) groups is 1. The van der Waals surface area contributed by atoms with Crippen molar-refractivity contribution in [2.75, 3.05) is 6.54 Å². The molecule has 1 N–H and O–H groups in total. The normalized spacial score (nSPS) is 10.7. The van der Waals surface area contributed by atoms with Crippen LogP contribution >= 0.6 is 22.9 Å². The van der Waals surface area contributed by atoms with Gasteiger partial charge in [0.2, 0.25) is 0 Å². The summed E-state index contributed by atoms with van der Waals surface area (Å²) in [4.78, 5) is 12.6. The van der Waals surface area contributed by atoms with Crippen LogP contribution in [0.3, 0.4) is 0 Å². The molecule has 1 heterocycles. The smallest absolute Gasteiger partial charge is 0.407 e. The summed E-state index contributed by atoms with van der Waals surface area (Å²) < 4.78 is 5.88. The number of alkyl carbamates (subject to hydrolysis) is 1. The number of thiophene rings is 1. The van der Waals surface area contributed by atoms with E-state index in [1.807, 2.05) is 54.6 Å². The molecule has 0 saturated heterocycles. The number of carbonyl (C=O) groups excluding carboxylic acids is 1.